The number of urea groups is 1. The van der Waals surface area contributed by atoms with Crippen LogP contribution in [-0.4, -0.2) is 32.8 Å². The lowest BCUT2D eigenvalue weighted by atomic mass is 10.3. The quantitative estimate of drug-likeness (QED) is 0.641. The van der Waals surface area contributed by atoms with Crippen LogP contribution in [0.4, 0.5) is 10.5 Å². The topological polar surface area (TPSA) is 105 Å². The second kappa shape index (κ2) is 7.91. The third kappa shape index (κ3) is 4.31. The molecule has 8 nitrogen and oxygen atoms in total. The Hall–Kier alpha value is -3.42. The van der Waals surface area contributed by atoms with Gasteiger partial charge in [0.15, 0.2) is 5.82 Å². The lowest BCUT2D eigenvalue weighted by molar-refractivity contribution is 0.251. The zero-order valence-electron chi connectivity index (χ0n) is 13.7. The van der Waals surface area contributed by atoms with E-state index in [1.54, 1.807) is 24.5 Å². The number of aromatic amines is 1. The van der Waals surface area contributed by atoms with Gasteiger partial charge in [-0.25, -0.2) is 9.78 Å². The molecule has 0 aliphatic rings. The maximum atomic E-state index is 12.1. The third-order valence-electron chi connectivity index (χ3n) is 3.30. The van der Waals surface area contributed by atoms with Crippen molar-refractivity contribution in [2.24, 2.45) is 0 Å². The molecule has 0 spiro atoms. The van der Waals surface area contributed by atoms with Crippen LogP contribution in [0.1, 0.15) is 12.7 Å². The first-order valence-electron chi connectivity index (χ1n) is 7.84. The number of para-hydroxylation sites is 2. The van der Waals surface area contributed by atoms with Crippen LogP contribution >= 0.6 is 0 Å². The van der Waals surface area contributed by atoms with E-state index in [1.165, 1.54) is 0 Å². The molecule has 1 aromatic carbocycles. The first-order valence-corrected chi connectivity index (χ1v) is 7.84. The molecule has 0 fully saturated rings. The summed E-state index contributed by atoms with van der Waals surface area (Å²) >= 11 is 0. The van der Waals surface area contributed by atoms with Gasteiger partial charge in [-0.2, -0.15) is 5.10 Å². The number of aromatic nitrogens is 4. The van der Waals surface area contributed by atoms with E-state index in [2.05, 4.69) is 30.8 Å². The highest BCUT2D eigenvalue weighted by Crippen LogP contribution is 2.23. The molecule has 0 saturated carbocycles. The summed E-state index contributed by atoms with van der Waals surface area (Å²) in [5.41, 5.74) is 1.41. The van der Waals surface area contributed by atoms with Crippen LogP contribution in [-0.2, 0) is 6.54 Å². The molecule has 0 aliphatic carbocycles. The van der Waals surface area contributed by atoms with Crippen molar-refractivity contribution in [3.63, 3.8) is 0 Å². The zero-order chi connectivity index (χ0) is 17.5. The fourth-order valence-electron chi connectivity index (χ4n) is 2.18. The summed E-state index contributed by atoms with van der Waals surface area (Å²) < 4.78 is 5.48. The summed E-state index contributed by atoms with van der Waals surface area (Å²) in [4.78, 5) is 20.4. The standard InChI is InChI=1S/C17H18N6O2/c1-2-25-14-8-4-3-7-13(14)20-17(24)19-11-15-21-16(23-22-15)12-6-5-9-18-10-12/h3-10H,2,11H2,1H3,(H2,19,20,24)(H,21,22,23). The Morgan fingerprint density at radius 2 is 2.12 bits per heavy atom. The lowest BCUT2D eigenvalue weighted by Crippen LogP contribution is -2.28. The number of hydrogen-bond acceptors (Lipinski definition) is 5. The van der Waals surface area contributed by atoms with Crippen LogP contribution in [0.2, 0.25) is 0 Å². The Labute approximate surface area is 144 Å². The van der Waals surface area contributed by atoms with Crippen molar-refractivity contribution in [3.8, 4) is 17.1 Å². The summed E-state index contributed by atoms with van der Waals surface area (Å²) in [7, 11) is 0. The number of benzene rings is 1. The molecule has 3 N–H and O–H groups in total. The monoisotopic (exact) mass is 338 g/mol. The van der Waals surface area contributed by atoms with Crippen molar-refractivity contribution >= 4 is 11.7 Å². The fraction of sp³-hybridized carbons (Fsp3) is 0.176. The van der Waals surface area contributed by atoms with Gasteiger partial charge in [0.1, 0.15) is 11.6 Å². The van der Waals surface area contributed by atoms with E-state index >= 15 is 0 Å². The number of nitrogens with zero attached hydrogens (tertiary/aromatic N) is 3. The Morgan fingerprint density at radius 1 is 1.24 bits per heavy atom. The van der Waals surface area contributed by atoms with Gasteiger partial charge in [-0.3, -0.25) is 10.1 Å². The number of carbonyl (C=O) groups is 1. The molecule has 3 aromatic rings. The van der Waals surface area contributed by atoms with E-state index in [1.807, 2.05) is 31.2 Å². The van der Waals surface area contributed by atoms with Gasteiger partial charge in [-0.05, 0) is 31.2 Å². The summed E-state index contributed by atoms with van der Waals surface area (Å²) in [6.07, 6.45) is 3.36. The van der Waals surface area contributed by atoms with Crippen molar-refractivity contribution in [2.75, 3.05) is 11.9 Å². The van der Waals surface area contributed by atoms with Gasteiger partial charge in [0.05, 0.1) is 18.8 Å². The second-order valence-electron chi connectivity index (χ2n) is 5.08. The molecule has 0 atom stereocenters. The highest BCUT2D eigenvalue weighted by Gasteiger charge is 2.09. The van der Waals surface area contributed by atoms with E-state index in [0.29, 0.717) is 29.7 Å². The maximum Gasteiger partial charge on any atom is 0.319 e. The van der Waals surface area contributed by atoms with Gasteiger partial charge < -0.3 is 15.4 Å². The minimum atomic E-state index is -0.355. The molecule has 128 valence electrons. The van der Waals surface area contributed by atoms with Crippen molar-refractivity contribution in [3.05, 3.63) is 54.6 Å². The molecule has 0 aliphatic heterocycles. The number of pyridine rings is 1. The first-order chi connectivity index (χ1) is 12.3. The summed E-state index contributed by atoms with van der Waals surface area (Å²) in [5, 5.41) is 12.4. The maximum absolute atomic E-state index is 12.1. The first kappa shape index (κ1) is 16.4. The van der Waals surface area contributed by atoms with Gasteiger partial charge in [-0.1, -0.05) is 12.1 Å². The molecule has 0 unspecified atom stereocenters. The highest BCUT2D eigenvalue weighted by molar-refractivity contribution is 5.90. The van der Waals surface area contributed by atoms with Crippen LogP contribution in [0.25, 0.3) is 11.4 Å². The number of H-pyrrole nitrogens is 1. The summed E-state index contributed by atoms with van der Waals surface area (Å²) in [5.74, 6) is 1.71. The molecule has 0 saturated heterocycles. The molecule has 0 bridgehead atoms. The van der Waals surface area contributed by atoms with Crippen molar-refractivity contribution < 1.29 is 9.53 Å². The largest absolute Gasteiger partial charge is 0.492 e. The fourth-order valence-corrected chi connectivity index (χ4v) is 2.18. The van der Waals surface area contributed by atoms with Crippen LogP contribution in [0.15, 0.2) is 48.8 Å². The lowest BCUT2D eigenvalue weighted by Gasteiger charge is -2.11. The van der Waals surface area contributed by atoms with Gasteiger partial charge >= 0.3 is 6.03 Å². The molecular weight excluding hydrogens is 320 g/mol. The van der Waals surface area contributed by atoms with Gasteiger partial charge in [0.2, 0.25) is 0 Å². The number of ether oxygens (including phenoxy) is 1. The summed E-state index contributed by atoms with van der Waals surface area (Å²) in [6, 6.07) is 10.6. The Kier molecular flexibility index (Phi) is 5.20. The molecular formula is C17H18N6O2. The van der Waals surface area contributed by atoms with Crippen LogP contribution in [0.3, 0.4) is 0 Å². The van der Waals surface area contributed by atoms with E-state index in [0.717, 1.165) is 5.56 Å². The predicted octanol–water partition coefficient (Wildman–Crippen LogP) is 2.59. The SMILES string of the molecule is CCOc1ccccc1NC(=O)NCc1nc(-c2cccnc2)n[nH]1. The minimum absolute atomic E-state index is 0.218. The molecule has 0 radical (unpaired) electrons. The normalized spacial score (nSPS) is 10.3. The molecule has 2 amide bonds. The van der Waals surface area contributed by atoms with Crippen LogP contribution in [0.5, 0.6) is 5.75 Å². The number of rotatable bonds is 6. The molecule has 2 aromatic heterocycles. The number of carbonyl (C=O) groups excluding carboxylic acids is 1. The molecule has 8 heteroatoms. The number of amides is 2. The predicted molar refractivity (Wildman–Crippen MR) is 93.1 cm³/mol. The molecule has 2 heterocycles. The molecule has 3 rings (SSSR count). The van der Waals surface area contributed by atoms with Gasteiger partial charge in [-0.15, -0.1) is 0 Å². The van der Waals surface area contributed by atoms with E-state index in [9.17, 15) is 4.79 Å². The van der Waals surface area contributed by atoms with E-state index in [-0.39, 0.29) is 12.6 Å². The van der Waals surface area contributed by atoms with Crippen molar-refractivity contribution in [2.45, 2.75) is 13.5 Å². The minimum Gasteiger partial charge on any atom is -0.492 e. The van der Waals surface area contributed by atoms with E-state index < -0.39 is 0 Å². The third-order valence-corrected chi connectivity index (χ3v) is 3.30. The summed E-state index contributed by atoms with van der Waals surface area (Å²) in [6.45, 7) is 2.63. The Bertz CT molecular complexity index is 834. The zero-order valence-corrected chi connectivity index (χ0v) is 13.7. The average molecular weight is 338 g/mol. The number of hydrogen-bond donors (Lipinski definition) is 3. The van der Waals surface area contributed by atoms with E-state index in [4.69, 9.17) is 4.74 Å². The number of anilines is 1. The second-order valence-corrected chi connectivity index (χ2v) is 5.08. The van der Waals surface area contributed by atoms with Gasteiger partial charge in [0, 0.05) is 18.0 Å². The Balaban J connectivity index is 1.57. The molecule has 25 heavy (non-hydrogen) atoms. The van der Waals surface area contributed by atoms with Crippen molar-refractivity contribution in [1.82, 2.24) is 25.5 Å². The van der Waals surface area contributed by atoms with Crippen LogP contribution < -0.4 is 15.4 Å². The van der Waals surface area contributed by atoms with Crippen LogP contribution in [0, 0.1) is 0 Å². The highest BCUT2D eigenvalue weighted by atomic mass is 16.5. The Morgan fingerprint density at radius 3 is 2.92 bits per heavy atom. The average Bonchev–Trinajstić information content (AvgIpc) is 3.12. The van der Waals surface area contributed by atoms with Gasteiger partial charge in [0.25, 0.3) is 0 Å². The number of nitrogens with one attached hydrogen (secondary N) is 3. The van der Waals surface area contributed by atoms with Crippen molar-refractivity contribution in [1.29, 1.82) is 0 Å². The smallest absolute Gasteiger partial charge is 0.319 e.